The van der Waals surface area contributed by atoms with Crippen LogP contribution in [0, 0.1) is 0 Å². The Morgan fingerprint density at radius 1 is 1.05 bits per heavy atom. The first kappa shape index (κ1) is 13.9. The summed E-state index contributed by atoms with van der Waals surface area (Å²) >= 11 is 0. The van der Waals surface area contributed by atoms with E-state index in [0.29, 0.717) is 0 Å². The van der Waals surface area contributed by atoms with Crippen molar-refractivity contribution in [3.63, 3.8) is 0 Å². The molecule has 2 rings (SSSR count). The van der Waals surface area contributed by atoms with Crippen LogP contribution < -0.4 is 0 Å². The van der Waals surface area contributed by atoms with Crippen molar-refractivity contribution in [2.75, 3.05) is 0 Å². The molecule has 0 saturated heterocycles. The van der Waals surface area contributed by atoms with Gasteiger partial charge in [-0.15, -0.1) is 0 Å². The highest BCUT2D eigenvalue weighted by molar-refractivity contribution is 5.97. The lowest BCUT2D eigenvalue weighted by Gasteiger charge is -2.14. The summed E-state index contributed by atoms with van der Waals surface area (Å²) in [6.45, 7) is 2.22. The third-order valence-corrected chi connectivity index (χ3v) is 3.56. The van der Waals surface area contributed by atoms with Crippen molar-refractivity contribution in [1.82, 2.24) is 0 Å². The number of hydrogen-bond donors (Lipinski definition) is 0. The molecule has 0 fully saturated rings. The van der Waals surface area contributed by atoms with Gasteiger partial charge in [-0.2, -0.15) is 0 Å². The van der Waals surface area contributed by atoms with Crippen molar-refractivity contribution in [1.29, 1.82) is 0 Å². The van der Waals surface area contributed by atoms with Crippen molar-refractivity contribution >= 4 is 11.5 Å². The Kier molecular flexibility index (Phi) is 5.20. The fourth-order valence-electron chi connectivity index (χ4n) is 2.51. The molecule has 1 aliphatic rings. The van der Waals surface area contributed by atoms with Gasteiger partial charge in [-0.1, -0.05) is 62.9 Å². The first-order valence-electron chi connectivity index (χ1n) is 7.29. The van der Waals surface area contributed by atoms with Gasteiger partial charge in [0.25, 0.3) is 0 Å². The number of ether oxygens (including phenoxy) is 1. The van der Waals surface area contributed by atoms with Crippen molar-refractivity contribution < 1.29 is 9.53 Å². The Hall–Kier alpha value is -1.57. The van der Waals surface area contributed by atoms with Crippen molar-refractivity contribution in [3.05, 3.63) is 42.0 Å². The van der Waals surface area contributed by atoms with Gasteiger partial charge in [0.15, 0.2) is 0 Å². The lowest BCUT2D eigenvalue weighted by molar-refractivity contribution is -0.138. The van der Waals surface area contributed by atoms with Crippen LogP contribution in [0.2, 0.25) is 0 Å². The van der Waals surface area contributed by atoms with E-state index >= 15 is 0 Å². The summed E-state index contributed by atoms with van der Waals surface area (Å²) in [5.41, 5.74) is 2.15. The van der Waals surface area contributed by atoms with Crippen molar-refractivity contribution in [2.24, 2.45) is 0 Å². The number of benzene rings is 1. The lowest BCUT2D eigenvalue weighted by Crippen LogP contribution is -2.11. The molecule has 2 heteroatoms. The summed E-state index contributed by atoms with van der Waals surface area (Å²) in [4.78, 5) is 11.5. The van der Waals surface area contributed by atoms with Crippen LogP contribution in [0.3, 0.4) is 0 Å². The van der Waals surface area contributed by atoms with E-state index in [0.717, 1.165) is 24.0 Å². The molecule has 102 valence electrons. The number of hydrogen-bond acceptors (Lipinski definition) is 2. The molecule has 19 heavy (non-hydrogen) atoms. The number of rotatable bonds is 7. The summed E-state index contributed by atoms with van der Waals surface area (Å²) in [5.74, 6) is -0.197. The molecule has 1 aromatic rings. The van der Waals surface area contributed by atoms with Gasteiger partial charge < -0.3 is 4.74 Å². The van der Waals surface area contributed by atoms with Crippen LogP contribution in [0.15, 0.2) is 36.4 Å². The molecule has 1 aliphatic heterocycles. The van der Waals surface area contributed by atoms with Crippen LogP contribution in [-0.4, -0.2) is 12.1 Å². The largest absolute Gasteiger partial charge is 0.454 e. The lowest BCUT2D eigenvalue weighted by atomic mass is 9.97. The zero-order valence-corrected chi connectivity index (χ0v) is 11.6. The van der Waals surface area contributed by atoms with Crippen LogP contribution in [0.1, 0.15) is 51.0 Å². The zero-order valence-electron chi connectivity index (χ0n) is 11.6. The van der Waals surface area contributed by atoms with Gasteiger partial charge >= 0.3 is 5.97 Å². The van der Waals surface area contributed by atoms with Crippen molar-refractivity contribution in [3.8, 4) is 0 Å². The molecule has 1 heterocycles. The number of carbonyl (C=O) groups is 1. The van der Waals surface area contributed by atoms with Crippen LogP contribution in [0.5, 0.6) is 0 Å². The number of carbonyl (C=O) groups excluding carboxylic acids is 1. The Morgan fingerprint density at radius 3 is 2.53 bits per heavy atom. The van der Waals surface area contributed by atoms with E-state index in [1.165, 1.54) is 25.7 Å². The minimum atomic E-state index is -0.197. The van der Waals surface area contributed by atoms with E-state index in [4.69, 9.17) is 4.74 Å². The van der Waals surface area contributed by atoms with Crippen LogP contribution in [-0.2, 0) is 9.53 Å². The Balaban J connectivity index is 1.90. The van der Waals surface area contributed by atoms with Gasteiger partial charge in [-0.3, -0.25) is 0 Å². The fourth-order valence-corrected chi connectivity index (χ4v) is 2.51. The minimum absolute atomic E-state index is 0.0449. The van der Waals surface area contributed by atoms with E-state index in [1.807, 2.05) is 30.3 Å². The molecule has 0 saturated carbocycles. The van der Waals surface area contributed by atoms with Gasteiger partial charge in [0.2, 0.25) is 0 Å². The van der Waals surface area contributed by atoms with Gasteiger partial charge in [-0.05, 0) is 18.4 Å². The van der Waals surface area contributed by atoms with Gasteiger partial charge in [0.05, 0.1) is 0 Å². The van der Waals surface area contributed by atoms with Crippen LogP contribution in [0.25, 0.3) is 5.57 Å². The van der Waals surface area contributed by atoms with E-state index in [-0.39, 0.29) is 12.1 Å². The second-order valence-electron chi connectivity index (χ2n) is 5.09. The Morgan fingerprint density at radius 2 is 1.79 bits per heavy atom. The van der Waals surface area contributed by atoms with Crippen LogP contribution >= 0.6 is 0 Å². The quantitative estimate of drug-likeness (QED) is 0.536. The molecule has 0 amide bonds. The normalized spacial score (nSPS) is 18.3. The van der Waals surface area contributed by atoms with Crippen LogP contribution in [0.4, 0.5) is 0 Å². The maximum absolute atomic E-state index is 11.5. The minimum Gasteiger partial charge on any atom is -0.454 e. The molecule has 2 nitrogen and oxygen atoms in total. The summed E-state index contributed by atoms with van der Waals surface area (Å²) < 4.78 is 5.40. The topological polar surface area (TPSA) is 26.3 Å². The van der Waals surface area contributed by atoms with Crippen molar-refractivity contribution in [2.45, 2.75) is 51.6 Å². The molecular weight excluding hydrogens is 236 g/mol. The highest BCUT2D eigenvalue weighted by atomic mass is 16.5. The van der Waals surface area contributed by atoms with E-state index < -0.39 is 0 Å². The molecule has 1 atom stereocenters. The number of cyclic esters (lactones) is 1. The smallest absolute Gasteiger partial charge is 0.331 e. The predicted octanol–water partition coefficient (Wildman–Crippen LogP) is 4.36. The monoisotopic (exact) mass is 258 g/mol. The summed E-state index contributed by atoms with van der Waals surface area (Å²) in [5, 5.41) is 0. The molecule has 0 aromatic heterocycles. The molecular formula is C17H22O2. The Labute approximate surface area is 115 Å². The fraction of sp³-hybridized carbons (Fsp3) is 0.471. The molecule has 1 aromatic carbocycles. The summed E-state index contributed by atoms with van der Waals surface area (Å²) in [6.07, 6.45) is 8.73. The second-order valence-corrected chi connectivity index (χ2v) is 5.09. The first-order chi connectivity index (χ1) is 9.31. The molecule has 0 spiro atoms. The molecule has 0 radical (unpaired) electrons. The highest BCUT2D eigenvalue weighted by Gasteiger charge is 2.26. The second kappa shape index (κ2) is 7.13. The van der Waals surface area contributed by atoms with E-state index in [2.05, 4.69) is 6.92 Å². The van der Waals surface area contributed by atoms with E-state index in [1.54, 1.807) is 6.08 Å². The van der Waals surface area contributed by atoms with Gasteiger partial charge in [0.1, 0.15) is 6.10 Å². The standard InChI is InChI=1S/C17H22O2/c1-2-3-4-5-9-12-16-15(13-17(18)19-16)14-10-7-6-8-11-14/h6-8,10-11,13,16H,2-5,9,12H2,1H3. The average Bonchev–Trinajstić information content (AvgIpc) is 2.81. The van der Waals surface area contributed by atoms with E-state index in [9.17, 15) is 4.79 Å². The Bertz CT molecular complexity index is 434. The number of esters is 1. The molecule has 0 N–H and O–H groups in total. The average molecular weight is 258 g/mol. The SMILES string of the molecule is CCCCCCCC1OC(=O)C=C1c1ccccc1. The third kappa shape index (κ3) is 3.95. The third-order valence-electron chi connectivity index (χ3n) is 3.56. The maximum Gasteiger partial charge on any atom is 0.331 e. The van der Waals surface area contributed by atoms with Gasteiger partial charge in [-0.25, -0.2) is 4.79 Å². The summed E-state index contributed by atoms with van der Waals surface area (Å²) in [6, 6.07) is 10.1. The first-order valence-corrected chi connectivity index (χ1v) is 7.29. The molecule has 0 bridgehead atoms. The summed E-state index contributed by atoms with van der Waals surface area (Å²) in [7, 11) is 0. The highest BCUT2D eigenvalue weighted by Crippen LogP contribution is 2.29. The number of unbranched alkanes of at least 4 members (excludes halogenated alkanes) is 4. The predicted molar refractivity (Wildman–Crippen MR) is 77.7 cm³/mol. The maximum atomic E-state index is 11.5. The zero-order chi connectivity index (χ0) is 13.5. The molecule has 0 aliphatic carbocycles. The molecule has 1 unspecified atom stereocenters. The van der Waals surface area contributed by atoms with Gasteiger partial charge in [0, 0.05) is 11.6 Å².